The van der Waals surface area contributed by atoms with Gasteiger partial charge in [-0.2, -0.15) is 0 Å². The molecule has 126 valence electrons. The number of benzene rings is 2. The van der Waals surface area contributed by atoms with E-state index in [9.17, 15) is 9.59 Å². The number of nitrogens with two attached hydrogens (primary N) is 1. The number of carbonyl (C=O) groups is 2. The Bertz CT molecular complexity index is 800. The van der Waals surface area contributed by atoms with Gasteiger partial charge in [0.15, 0.2) is 0 Å². The number of primary amides is 1. The molecule has 2 aromatic rings. The molecular formula is C18H20N2O4. The van der Waals surface area contributed by atoms with E-state index in [0.717, 1.165) is 11.1 Å². The molecule has 0 bridgehead atoms. The highest BCUT2D eigenvalue weighted by Crippen LogP contribution is 2.27. The van der Waals surface area contributed by atoms with Gasteiger partial charge in [-0.05, 0) is 49.2 Å². The highest BCUT2D eigenvalue weighted by molar-refractivity contribution is 6.09. The number of rotatable bonds is 5. The molecular weight excluding hydrogens is 308 g/mol. The number of ether oxygens (including phenoxy) is 2. The van der Waals surface area contributed by atoms with Crippen LogP contribution < -0.4 is 20.5 Å². The summed E-state index contributed by atoms with van der Waals surface area (Å²) in [6, 6.07) is 8.26. The number of aryl methyl sites for hydroxylation is 2. The van der Waals surface area contributed by atoms with Crippen LogP contribution in [0.1, 0.15) is 31.8 Å². The van der Waals surface area contributed by atoms with Crippen molar-refractivity contribution in [2.24, 2.45) is 5.73 Å². The standard InChI is InChI=1S/C18H20N2O4/c1-10-7-12(5-6-15(10)23-3)18(22)20-14-9-16(24-4)11(2)8-13(14)17(19)21/h5-9H,1-4H3,(H2,19,21)(H,20,22). The normalized spacial score (nSPS) is 10.2. The predicted molar refractivity (Wildman–Crippen MR) is 91.9 cm³/mol. The molecule has 3 N–H and O–H groups in total. The lowest BCUT2D eigenvalue weighted by atomic mass is 10.1. The number of amides is 2. The van der Waals surface area contributed by atoms with Crippen LogP contribution >= 0.6 is 0 Å². The van der Waals surface area contributed by atoms with Crippen molar-refractivity contribution in [3.63, 3.8) is 0 Å². The fourth-order valence-electron chi connectivity index (χ4n) is 2.43. The molecule has 0 aliphatic carbocycles. The average Bonchev–Trinajstić information content (AvgIpc) is 2.55. The highest BCUT2D eigenvalue weighted by Gasteiger charge is 2.16. The molecule has 2 rings (SSSR count). The molecule has 0 aliphatic rings. The molecule has 0 saturated heterocycles. The molecule has 0 atom stereocenters. The molecule has 0 aromatic heterocycles. The van der Waals surface area contributed by atoms with E-state index in [-0.39, 0.29) is 11.5 Å². The van der Waals surface area contributed by atoms with Crippen LogP contribution in [0.15, 0.2) is 30.3 Å². The van der Waals surface area contributed by atoms with Gasteiger partial charge in [-0.25, -0.2) is 0 Å². The molecule has 0 heterocycles. The monoisotopic (exact) mass is 328 g/mol. The highest BCUT2D eigenvalue weighted by atomic mass is 16.5. The van der Waals surface area contributed by atoms with Gasteiger partial charge in [-0.1, -0.05) is 0 Å². The van der Waals surface area contributed by atoms with Gasteiger partial charge in [0.1, 0.15) is 11.5 Å². The fraction of sp³-hybridized carbons (Fsp3) is 0.222. The van der Waals surface area contributed by atoms with Crippen LogP contribution in [-0.2, 0) is 0 Å². The summed E-state index contributed by atoms with van der Waals surface area (Å²) in [5.74, 6) is 0.277. The second kappa shape index (κ2) is 7.04. The third kappa shape index (κ3) is 3.48. The van der Waals surface area contributed by atoms with E-state index in [1.54, 1.807) is 44.4 Å². The zero-order chi connectivity index (χ0) is 17.9. The predicted octanol–water partition coefficient (Wildman–Crippen LogP) is 2.67. The fourth-order valence-corrected chi connectivity index (χ4v) is 2.43. The minimum absolute atomic E-state index is 0.229. The van der Waals surface area contributed by atoms with Gasteiger partial charge in [0.05, 0.1) is 25.5 Å². The molecule has 6 nitrogen and oxygen atoms in total. The van der Waals surface area contributed by atoms with Crippen molar-refractivity contribution in [1.29, 1.82) is 0 Å². The third-order valence-corrected chi connectivity index (χ3v) is 3.71. The van der Waals surface area contributed by atoms with E-state index in [2.05, 4.69) is 5.32 Å². The second-order valence-corrected chi connectivity index (χ2v) is 5.37. The van der Waals surface area contributed by atoms with Gasteiger partial charge in [-0.15, -0.1) is 0 Å². The van der Waals surface area contributed by atoms with Crippen LogP contribution in [-0.4, -0.2) is 26.0 Å². The number of hydrogen-bond acceptors (Lipinski definition) is 4. The van der Waals surface area contributed by atoms with Crippen molar-refractivity contribution >= 4 is 17.5 Å². The maximum atomic E-state index is 12.5. The van der Waals surface area contributed by atoms with Gasteiger partial charge < -0.3 is 20.5 Å². The molecule has 0 fully saturated rings. The van der Waals surface area contributed by atoms with Crippen molar-refractivity contribution in [3.8, 4) is 11.5 Å². The molecule has 0 unspecified atom stereocenters. The average molecular weight is 328 g/mol. The smallest absolute Gasteiger partial charge is 0.255 e. The van der Waals surface area contributed by atoms with E-state index in [0.29, 0.717) is 22.7 Å². The summed E-state index contributed by atoms with van der Waals surface area (Å²) in [5, 5.41) is 2.71. The van der Waals surface area contributed by atoms with E-state index >= 15 is 0 Å². The van der Waals surface area contributed by atoms with Crippen molar-refractivity contribution < 1.29 is 19.1 Å². The van der Waals surface area contributed by atoms with Crippen LogP contribution in [0.5, 0.6) is 11.5 Å². The van der Waals surface area contributed by atoms with Crippen molar-refractivity contribution in [3.05, 3.63) is 52.6 Å². The second-order valence-electron chi connectivity index (χ2n) is 5.37. The minimum atomic E-state index is -0.623. The number of anilines is 1. The lowest BCUT2D eigenvalue weighted by Crippen LogP contribution is -2.19. The Balaban J connectivity index is 2.37. The van der Waals surface area contributed by atoms with Gasteiger partial charge in [0.2, 0.25) is 0 Å². The molecule has 0 radical (unpaired) electrons. The first-order valence-corrected chi connectivity index (χ1v) is 7.31. The Morgan fingerprint density at radius 1 is 0.958 bits per heavy atom. The van der Waals surface area contributed by atoms with E-state index in [1.807, 2.05) is 6.92 Å². The van der Waals surface area contributed by atoms with E-state index in [1.165, 1.54) is 7.11 Å². The summed E-state index contributed by atoms with van der Waals surface area (Å²) >= 11 is 0. The van der Waals surface area contributed by atoms with E-state index < -0.39 is 5.91 Å². The Morgan fingerprint density at radius 2 is 1.58 bits per heavy atom. The first-order chi connectivity index (χ1) is 11.4. The number of hydrogen-bond donors (Lipinski definition) is 2. The van der Waals surface area contributed by atoms with Crippen LogP contribution in [0.3, 0.4) is 0 Å². The summed E-state index contributed by atoms with van der Waals surface area (Å²) in [7, 11) is 3.09. The summed E-state index contributed by atoms with van der Waals surface area (Å²) in [4.78, 5) is 24.1. The summed E-state index contributed by atoms with van der Waals surface area (Å²) in [5.41, 5.74) is 7.98. The maximum Gasteiger partial charge on any atom is 0.255 e. The Hall–Kier alpha value is -3.02. The van der Waals surface area contributed by atoms with Crippen molar-refractivity contribution in [2.45, 2.75) is 13.8 Å². The van der Waals surface area contributed by atoms with Gasteiger partial charge in [-0.3, -0.25) is 9.59 Å². The summed E-state index contributed by atoms with van der Waals surface area (Å²) in [6.07, 6.45) is 0. The SMILES string of the molecule is COc1ccc(C(=O)Nc2cc(OC)c(C)cc2C(N)=O)cc1C. The van der Waals surface area contributed by atoms with Crippen LogP contribution in [0.4, 0.5) is 5.69 Å². The summed E-state index contributed by atoms with van der Waals surface area (Å²) < 4.78 is 10.4. The topological polar surface area (TPSA) is 90.7 Å². The molecule has 0 spiro atoms. The summed E-state index contributed by atoms with van der Waals surface area (Å²) in [6.45, 7) is 3.64. The Kier molecular flexibility index (Phi) is 5.08. The minimum Gasteiger partial charge on any atom is -0.496 e. The zero-order valence-electron chi connectivity index (χ0n) is 14.1. The first kappa shape index (κ1) is 17.3. The molecule has 2 aromatic carbocycles. The van der Waals surface area contributed by atoms with E-state index in [4.69, 9.17) is 15.2 Å². The number of carbonyl (C=O) groups excluding carboxylic acids is 2. The van der Waals surface area contributed by atoms with Crippen LogP contribution in [0, 0.1) is 13.8 Å². The largest absolute Gasteiger partial charge is 0.496 e. The molecule has 6 heteroatoms. The quantitative estimate of drug-likeness (QED) is 0.883. The first-order valence-electron chi connectivity index (χ1n) is 7.31. The Morgan fingerprint density at radius 3 is 2.12 bits per heavy atom. The lowest BCUT2D eigenvalue weighted by molar-refractivity contribution is 0.100. The third-order valence-electron chi connectivity index (χ3n) is 3.71. The molecule has 0 saturated carbocycles. The molecule has 24 heavy (non-hydrogen) atoms. The lowest BCUT2D eigenvalue weighted by Gasteiger charge is -2.14. The molecule has 0 aliphatic heterocycles. The molecule has 2 amide bonds. The van der Waals surface area contributed by atoms with Gasteiger partial charge in [0, 0.05) is 11.6 Å². The van der Waals surface area contributed by atoms with Crippen LogP contribution in [0.2, 0.25) is 0 Å². The number of methoxy groups -OCH3 is 2. The van der Waals surface area contributed by atoms with Gasteiger partial charge in [0.25, 0.3) is 11.8 Å². The van der Waals surface area contributed by atoms with Gasteiger partial charge >= 0.3 is 0 Å². The number of nitrogens with one attached hydrogen (secondary N) is 1. The Labute approximate surface area is 140 Å². The van der Waals surface area contributed by atoms with Crippen molar-refractivity contribution in [2.75, 3.05) is 19.5 Å². The van der Waals surface area contributed by atoms with Crippen molar-refractivity contribution in [1.82, 2.24) is 0 Å². The maximum absolute atomic E-state index is 12.5. The van der Waals surface area contributed by atoms with Crippen LogP contribution in [0.25, 0.3) is 0 Å². The zero-order valence-corrected chi connectivity index (χ0v) is 14.1.